The van der Waals surface area contributed by atoms with Crippen LogP contribution in [0.3, 0.4) is 0 Å². The number of hydrogen-bond acceptors (Lipinski definition) is 3. The first-order chi connectivity index (χ1) is 8.51. The molecule has 0 N–H and O–H groups in total. The van der Waals surface area contributed by atoms with Gasteiger partial charge in [-0.15, -0.1) is 11.6 Å². The molecule has 98 valence electrons. The zero-order valence-electron chi connectivity index (χ0n) is 9.73. The highest BCUT2D eigenvalue weighted by molar-refractivity contribution is 6.18. The summed E-state index contributed by atoms with van der Waals surface area (Å²) in [4.78, 5) is 23.0. The number of amides is 1. The van der Waals surface area contributed by atoms with Gasteiger partial charge in [0.05, 0.1) is 16.6 Å². The van der Waals surface area contributed by atoms with Crippen molar-refractivity contribution in [1.82, 2.24) is 4.90 Å². The fourth-order valence-electron chi connectivity index (χ4n) is 1.47. The van der Waals surface area contributed by atoms with Crippen molar-refractivity contribution in [3.8, 4) is 0 Å². The molecule has 1 amide bonds. The first-order valence-electron chi connectivity index (χ1n) is 5.30. The molecule has 0 bridgehead atoms. The van der Waals surface area contributed by atoms with Crippen LogP contribution >= 0.6 is 11.6 Å². The third kappa shape index (κ3) is 3.16. The predicted molar refractivity (Wildman–Crippen MR) is 65.4 cm³/mol. The summed E-state index contributed by atoms with van der Waals surface area (Å²) in [6, 6.07) is 2.96. The van der Waals surface area contributed by atoms with Gasteiger partial charge in [0.25, 0.3) is 11.6 Å². The van der Waals surface area contributed by atoms with Crippen LogP contribution in [0.1, 0.15) is 17.3 Å². The molecule has 0 radical (unpaired) electrons. The Morgan fingerprint density at radius 1 is 1.56 bits per heavy atom. The van der Waals surface area contributed by atoms with Crippen LogP contribution in [0.25, 0.3) is 0 Å². The summed E-state index contributed by atoms with van der Waals surface area (Å²) < 4.78 is 13.6. The van der Waals surface area contributed by atoms with E-state index < -0.39 is 16.6 Å². The van der Waals surface area contributed by atoms with Crippen LogP contribution in [-0.4, -0.2) is 34.7 Å². The summed E-state index contributed by atoms with van der Waals surface area (Å²) >= 11 is 5.54. The third-order valence-electron chi connectivity index (χ3n) is 2.42. The number of rotatable bonds is 5. The topological polar surface area (TPSA) is 63.5 Å². The van der Waals surface area contributed by atoms with Crippen molar-refractivity contribution >= 4 is 23.2 Å². The van der Waals surface area contributed by atoms with E-state index in [2.05, 4.69) is 0 Å². The number of nitrogens with zero attached hydrogens (tertiary/aromatic N) is 2. The van der Waals surface area contributed by atoms with Crippen molar-refractivity contribution < 1.29 is 14.1 Å². The van der Waals surface area contributed by atoms with Gasteiger partial charge in [-0.05, 0) is 13.0 Å². The third-order valence-corrected chi connectivity index (χ3v) is 2.59. The van der Waals surface area contributed by atoms with Gasteiger partial charge in [0.1, 0.15) is 5.82 Å². The van der Waals surface area contributed by atoms with Crippen LogP contribution < -0.4 is 0 Å². The fraction of sp³-hybridized carbons (Fsp3) is 0.364. The molecule has 1 aromatic carbocycles. The van der Waals surface area contributed by atoms with Gasteiger partial charge in [-0.1, -0.05) is 0 Å². The molecule has 0 fully saturated rings. The van der Waals surface area contributed by atoms with E-state index in [4.69, 9.17) is 11.6 Å². The molecule has 0 spiro atoms. The number of nitro groups is 1. The van der Waals surface area contributed by atoms with E-state index in [0.717, 1.165) is 18.2 Å². The summed E-state index contributed by atoms with van der Waals surface area (Å²) in [5.74, 6) is -1.18. The second-order valence-corrected chi connectivity index (χ2v) is 3.87. The quantitative estimate of drug-likeness (QED) is 0.471. The minimum atomic E-state index is -0.901. The second kappa shape index (κ2) is 6.30. The molecule has 0 aliphatic heterocycles. The van der Waals surface area contributed by atoms with Gasteiger partial charge in [0.15, 0.2) is 0 Å². The number of benzene rings is 1. The van der Waals surface area contributed by atoms with Gasteiger partial charge in [0.2, 0.25) is 0 Å². The first kappa shape index (κ1) is 14.4. The Labute approximate surface area is 108 Å². The number of hydrogen-bond donors (Lipinski definition) is 0. The Bertz CT molecular complexity index is 468. The molecule has 0 saturated heterocycles. The standard InChI is InChI=1S/C11H12ClFN2O3/c1-2-14(6-5-12)11(16)9-4-3-8(15(17)18)7-10(9)13/h3-4,7H,2,5-6H2,1H3. The van der Waals surface area contributed by atoms with Crippen LogP contribution in [0, 0.1) is 15.9 Å². The highest BCUT2D eigenvalue weighted by Crippen LogP contribution is 2.18. The SMILES string of the molecule is CCN(CCCl)C(=O)c1ccc([N+](=O)[O-])cc1F. The van der Waals surface area contributed by atoms with E-state index >= 15 is 0 Å². The molecule has 0 saturated carbocycles. The molecule has 1 rings (SSSR count). The molecule has 5 nitrogen and oxygen atoms in total. The van der Waals surface area contributed by atoms with Crippen LogP contribution in [0.15, 0.2) is 18.2 Å². The lowest BCUT2D eigenvalue weighted by atomic mass is 10.1. The number of alkyl halides is 1. The summed E-state index contributed by atoms with van der Waals surface area (Å²) in [7, 11) is 0. The van der Waals surface area contributed by atoms with E-state index in [-0.39, 0.29) is 17.1 Å². The average Bonchev–Trinajstić information content (AvgIpc) is 2.34. The van der Waals surface area contributed by atoms with Crippen molar-refractivity contribution in [2.24, 2.45) is 0 Å². The van der Waals surface area contributed by atoms with E-state index in [1.807, 2.05) is 0 Å². The van der Waals surface area contributed by atoms with Crippen molar-refractivity contribution in [2.75, 3.05) is 19.0 Å². The lowest BCUT2D eigenvalue weighted by Crippen LogP contribution is -2.33. The maximum absolute atomic E-state index is 13.6. The molecule has 0 heterocycles. The molecular weight excluding hydrogens is 263 g/mol. The molecular formula is C11H12ClFN2O3. The van der Waals surface area contributed by atoms with Crippen LogP contribution in [0.4, 0.5) is 10.1 Å². The molecule has 0 atom stereocenters. The lowest BCUT2D eigenvalue weighted by molar-refractivity contribution is -0.385. The Hall–Kier alpha value is -1.69. The molecule has 7 heteroatoms. The van der Waals surface area contributed by atoms with Crippen molar-refractivity contribution in [2.45, 2.75) is 6.92 Å². The molecule has 0 aromatic heterocycles. The summed E-state index contributed by atoms with van der Waals surface area (Å²) in [6.07, 6.45) is 0. The molecule has 18 heavy (non-hydrogen) atoms. The lowest BCUT2D eigenvalue weighted by Gasteiger charge is -2.19. The zero-order valence-corrected chi connectivity index (χ0v) is 10.5. The number of halogens is 2. The average molecular weight is 275 g/mol. The Balaban J connectivity index is 3.02. The summed E-state index contributed by atoms with van der Waals surface area (Å²) in [5.41, 5.74) is -0.572. The number of non-ortho nitro benzene ring substituents is 1. The Morgan fingerprint density at radius 2 is 2.22 bits per heavy atom. The van der Waals surface area contributed by atoms with E-state index in [1.54, 1.807) is 6.92 Å². The highest BCUT2D eigenvalue weighted by Gasteiger charge is 2.20. The van der Waals surface area contributed by atoms with Crippen molar-refractivity contribution in [3.63, 3.8) is 0 Å². The molecule has 0 unspecified atom stereocenters. The van der Waals surface area contributed by atoms with Gasteiger partial charge in [-0.3, -0.25) is 14.9 Å². The van der Waals surface area contributed by atoms with Crippen molar-refractivity contribution in [3.05, 3.63) is 39.7 Å². The number of carbonyl (C=O) groups excluding carboxylic acids is 1. The van der Waals surface area contributed by atoms with Gasteiger partial charge in [0, 0.05) is 25.0 Å². The minimum absolute atomic E-state index is 0.187. The number of nitro benzene ring substituents is 1. The van der Waals surface area contributed by atoms with Crippen molar-refractivity contribution in [1.29, 1.82) is 0 Å². The predicted octanol–water partition coefficient (Wildman–Crippen LogP) is 2.43. The van der Waals surface area contributed by atoms with E-state index in [1.165, 1.54) is 4.90 Å². The van der Waals surface area contributed by atoms with E-state index in [9.17, 15) is 19.3 Å². The van der Waals surface area contributed by atoms with Gasteiger partial charge in [-0.2, -0.15) is 0 Å². The summed E-state index contributed by atoms with van der Waals surface area (Å²) in [5, 5.41) is 10.5. The van der Waals surface area contributed by atoms with E-state index in [0.29, 0.717) is 13.1 Å². The maximum atomic E-state index is 13.6. The first-order valence-corrected chi connectivity index (χ1v) is 5.83. The van der Waals surface area contributed by atoms with Crippen LogP contribution in [0.2, 0.25) is 0 Å². The fourth-order valence-corrected chi connectivity index (χ4v) is 1.67. The monoisotopic (exact) mass is 274 g/mol. The van der Waals surface area contributed by atoms with Gasteiger partial charge in [-0.25, -0.2) is 4.39 Å². The molecule has 1 aromatic rings. The largest absolute Gasteiger partial charge is 0.338 e. The normalized spacial score (nSPS) is 10.2. The van der Waals surface area contributed by atoms with Gasteiger partial charge < -0.3 is 4.90 Å². The molecule has 0 aliphatic carbocycles. The van der Waals surface area contributed by atoms with Crippen LogP contribution in [-0.2, 0) is 0 Å². The Kier molecular flexibility index (Phi) is 5.03. The Morgan fingerprint density at radius 3 is 2.67 bits per heavy atom. The maximum Gasteiger partial charge on any atom is 0.272 e. The molecule has 0 aliphatic rings. The number of carbonyl (C=O) groups is 1. The second-order valence-electron chi connectivity index (χ2n) is 3.50. The smallest absolute Gasteiger partial charge is 0.272 e. The highest BCUT2D eigenvalue weighted by atomic mass is 35.5. The zero-order chi connectivity index (χ0) is 13.7. The minimum Gasteiger partial charge on any atom is -0.338 e. The van der Waals surface area contributed by atoms with Gasteiger partial charge >= 0.3 is 0 Å². The van der Waals surface area contributed by atoms with Crippen LogP contribution in [0.5, 0.6) is 0 Å². The summed E-state index contributed by atoms with van der Waals surface area (Å²) in [6.45, 7) is 2.43.